The molecule has 34 heavy (non-hydrogen) atoms. The Kier molecular flexibility index (Phi) is 4.11. The molecule has 172 valence electrons. The van der Waals surface area contributed by atoms with E-state index in [2.05, 4.69) is 82.5 Å². The van der Waals surface area contributed by atoms with Gasteiger partial charge in [0.2, 0.25) is 0 Å². The largest absolute Gasteiger partial charge is 0.309 e. The second-order valence-corrected chi connectivity index (χ2v) is 11.4. The van der Waals surface area contributed by atoms with E-state index in [1.54, 1.807) is 6.07 Å². The van der Waals surface area contributed by atoms with Crippen molar-refractivity contribution in [3.8, 4) is 16.8 Å². The first-order valence-electron chi connectivity index (χ1n) is 14.1. The van der Waals surface area contributed by atoms with Gasteiger partial charge in [0.15, 0.2) is 0 Å². The van der Waals surface area contributed by atoms with Crippen LogP contribution in [0.4, 0.5) is 0 Å². The summed E-state index contributed by atoms with van der Waals surface area (Å²) in [6.07, 6.45) is 0. The molecule has 0 atom stereocenters. The van der Waals surface area contributed by atoms with Crippen molar-refractivity contribution in [1.29, 1.82) is 0 Å². The normalized spacial score (nSPS) is 14.6. The molecular formula is C32H32ClN. The molecular weight excluding hydrogens is 434 g/mol. The van der Waals surface area contributed by atoms with E-state index in [0.717, 1.165) is 27.5 Å². The van der Waals surface area contributed by atoms with Crippen LogP contribution in [0.25, 0.3) is 38.6 Å². The summed E-state index contributed by atoms with van der Waals surface area (Å²) in [5.74, 6) is 0. The zero-order valence-corrected chi connectivity index (χ0v) is 21.3. The molecule has 0 saturated heterocycles. The average molecular weight is 471 g/mol. The highest BCUT2D eigenvalue weighted by atomic mass is 35.5. The lowest BCUT2D eigenvalue weighted by atomic mass is 9.85. The summed E-state index contributed by atoms with van der Waals surface area (Å²) in [6, 6.07) is 16.8. The highest BCUT2D eigenvalue weighted by Gasteiger charge is 2.21. The molecule has 0 saturated carbocycles. The van der Waals surface area contributed by atoms with Gasteiger partial charge in [-0.15, -0.1) is 0 Å². The average Bonchev–Trinajstić information content (AvgIpc) is 3.18. The zero-order valence-electron chi connectivity index (χ0n) is 25.5. The molecule has 0 N–H and O–H groups in total. The monoisotopic (exact) mass is 470 g/mol. The van der Waals surface area contributed by atoms with E-state index < -0.39 is 6.04 Å². The second kappa shape index (κ2) is 8.03. The van der Waals surface area contributed by atoms with Gasteiger partial charge in [0, 0.05) is 21.5 Å². The molecule has 2 heteroatoms. The Morgan fingerprint density at radius 1 is 0.647 bits per heavy atom. The van der Waals surface area contributed by atoms with Gasteiger partial charge in [0.25, 0.3) is 0 Å². The van der Waals surface area contributed by atoms with Gasteiger partial charge in [-0.2, -0.15) is 0 Å². The Balaban J connectivity index is 1.86. The van der Waals surface area contributed by atoms with Crippen LogP contribution in [-0.2, 0) is 10.8 Å². The smallest absolute Gasteiger partial charge is 0.0629 e. The van der Waals surface area contributed by atoms with Crippen molar-refractivity contribution >= 4 is 33.4 Å². The van der Waals surface area contributed by atoms with E-state index in [0.29, 0.717) is 10.6 Å². The lowest BCUT2D eigenvalue weighted by molar-refractivity contribution is 0.590. The van der Waals surface area contributed by atoms with Crippen molar-refractivity contribution in [2.45, 2.75) is 52.4 Å². The van der Waals surface area contributed by atoms with Gasteiger partial charge in [-0.1, -0.05) is 95.5 Å². The first-order valence-corrected chi connectivity index (χ1v) is 11.9. The minimum Gasteiger partial charge on any atom is -0.309 e. The van der Waals surface area contributed by atoms with Crippen LogP contribution in [0.2, 0.25) is 5.02 Å². The molecule has 0 spiro atoms. The lowest BCUT2D eigenvalue weighted by Gasteiger charge is -2.19. The molecule has 0 aliphatic carbocycles. The standard InChI is InChI=1S/C32H32ClN/c1-31(2,3)23-12-14-29-27(18-23)28-19-24(32(4,5)6)13-15-30(28)34(29)26-17-22(16-25(33)20-26)21-10-8-7-9-11-21/h7-20H,1-6H3/i7D,8D,9D,10D,11D. The molecule has 4 aromatic carbocycles. The topological polar surface area (TPSA) is 4.93 Å². The predicted octanol–water partition coefficient (Wildman–Crippen LogP) is 9.70. The maximum absolute atomic E-state index is 8.49. The van der Waals surface area contributed by atoms with Crippen LogP contribution in [-0.4, -0.2) is 4.57 Å². The fourth-order valence-electron chi connectivity index (χ4n) is 4.48. The highest BCUT2D eigenvalue weighted by molar-refractivity contribution is 6.31. The van der Waals surface area contributed by atoms with Crippen LogP contribution in [0.1, 0.15) is 59.5 Å². The van der Waals surface area contributed by atoms with E-state index in [-0.39, 0.29) is 40.6 Å². The minimum atomic E-state index is -0.414. The molecule has 0 fully saturated rings. The molecule has 1 heterocycles. The van der Waals surface area contributed by atoms with Crippen molar-refractivity contribution < 1.29 is 6.85 Å². The quantitative estimate of drug-likeness (QED) is 0.242. The Labute approximate surface area is 215 Å². The predicted molar refractivity (Wildman–Crippen MR) is 149 cm³/mol. The van der Waals surface area contributed by atoms with Gasteiger partial charge >= 0.3 is 0 Å². The summed E-state index contributed by atoms with van der Waals surface area (Å²) in [6.45, 7) is 13.2. The SMILES string of the molecule is [2H]c1c([2H])c([2H])c(-c2cc(Cl)cc(-n3c4ccc(C(C)(C)C)cc4c4cc(C(C)(C)C)ccc43)c2)c([2H])c1[2H]. The van der Waals surface area contributed by atoms with Gasteiger partial charge in [-0.25, -0.2) is 0 Å². The number of halogens is 1. The third kappa shape index (κ3) is 4.03. The zero-order chi connectivity index (χ0) is 28.6. The van der Waals surface area contributed by atoms with Crippen molar-refractivity contribution in [3.63, 3.8) is 0 Å². The number of benzene rings is 4. The molecule has 5 rings (SSSR count). The summed E-state index contributed by atoms with van der Waals surface area (Å²) < 4.78 is 43.4. The number of hydrogen-bond donors (Lipinski definition) is 0. The molecule has 0 unspecified atom stereocenters. The van der Waals surface area contributed by atoms with E-state index >= 15 is 0 Å². The van der Waals surface area contributed by atoms with Crippen molar-refractivity contribution in [1.82, 2.24) is 4.57 Å². The molecule has 0 aliphatic rings. The van der Waals surface area contributed by atoms with Crippen molar-refractivity contribution in [2.75, 3.05) is 0 Å². The Morgan fingerprint density at radius 2 is 1.18 bits per heavy atom. The van der Waals surface area contributed by atoms with Gasteiger partial charge in [-0.3, -0.25) is 0 Å². The molecule has 5 aromatic rings. The van der Waals surface area contributed by atoms with Crippen molar-refractivity contribution in [3.05, 3.63) is 101 Å². The van der Waals surface area contributed by atoms with E-state index in [9.17, 15) is 0 Å². The molecule has 0 bridgehead atoms. The van der Waals surface area contributed by atoms with Gasteiger partial charge in [0.05, 0.1) is 17.9 Å². The number of fused-ring (bicyclic) bond motifs is 3. The Hall–Kier alpha value is -3.03. The molecule has 0 radical (unpaired) electrons. The van der Waals surface area contributed by atoms with Crippen LogP contribution >= 0.6 is 11.6 Å². The van der Waals surface area contributed by atoms with E-state index in [1.807, 2.05) is 12.1 Å². The third-order valence-corrected chi connectivity index (χ3v) is 6.64. The molecule has 1 aromatic heterocycles. The van der Waals surface area contributed by atoms with Crippen LogP contribution in [0.5, 0.6) is 0 Å². The number of nitrogens with zero attached hydrogens (tertiary/aromatic N) is 1. The fraction of sp³-hybridized carbons (Fsp3) is 0.250. The number of rotatable bonds is 2. The summed E-state index contributed by atoms with van der Waals surface area (Å²) in [5.41, 5.74) is 5.83. The number of aromatic nitrogens is 1. The fourth-order valence-corrected chi connectivity index (χ4v) is 4.71. The van der Waals surface area contributed by atoms with Crippen molar-refractivity contribution in [2.24, 2.45) is 0 Å². The summed E-state index contributed by atoms with van der Waals surface area (Å²) in [7, 11) is 0. The summed E-state index contributed by atoms with van der Waals surface area (Å²) >= 11 is 6.64. The van der Waals surface area contributed by atoms with Crippen LogP contribution in [0.15, 0.2) is 84.8 Å². The lowest BCUT2D eigenvalue weighted by Crippen LogP contribution is -2.10. The first-order chi connectivity index (χ1) is 18.1. The van der Waals surface area contributed by atoms with Gasteiger partial charge in [-0.05, 0) is 75.5 Å². The van der Waals surface area contributed by atoms with Crippen LogP contribution in [0.3, 0.4) is 0 Å². The Bertz CT molecular complexity index is 1690. The van der Waals surface area contributed by atoms with Gasteiger partial charge in [0.1, 0.15) is 0 Å². The molecule has 0 aliphatic heterocycles. The van der Waals surface area contributed by atoms with E-state index in [4.69, 9.17) is 18.5 Å². The summed E-state index contributed by atoms with van der Waals surface area (Å²) in [4.78, 5) is 0. The van der Waals surface area contributed by atoms with Crippen LogP contribution < -0.4 is 0 Å². The molecule has 0 amide bonds. The maximum Gasteiger partial charge on any atom is 0.0629 e. The maximum atomic E-state index is 8.49. The summed E-state index contributed by atoms with van der Waals surface area (Å²) in [5, 5.41) is 2.68. The van der Waals surface area contributed by atoms with Gasteiger partial charge < -0.3 is 4.57 Å². The number of hydrogen-bond acceptors (Lipinski definition) is 0. The second-order valence-electron chi connectivity index (χ2n) is 11.0. The molecule has 1 nitrogen and oxygen atoms in total. The third-order valence-electron chi connectivity index (χ3n) is 6.43. The van der Waals surface area contributed by atoms with Crippen LogP contribution in [0, 0.1) is 0 Å². The Morgan fingerprint density at radius 3 is 1.68 bits per heavy atom. The first kappa shape index (κ1) is 17.4. The van der Waals surface area contributed by atoms with E-state index in [1.165, 1.54) is 11.1 Å². The highest BCUT2D eigenvalue weighted by Crippen LogP contribution is 2.38. The minimum absolute atomic E-state index is 0.0194.